The van der Waals surface area contributed by atoms with E-state index in [1.165, 1.54) is 18.2 Å². The highest BCUT2D eigenvalue weighted by Crippen LogP contribution is 2.14. The van der Waals surface area contributed by atoms with E-state index < -0.39 is 5.97 Å². The molecule has 2 N–H and O–H groups in total. The number of pyridine rings is 1. The van der Waals surface area contributed by atoms with Gasteiger partial charge in [-0.2, -0.15) is 0 Å². The molecule has 1 atom stereocenters. The smallest absolute Gasteiger partial charge is 0.354 e. The third-order valence-electron chi connectivity index (χ3n) is 2.96. The molecule has 1 aromatic heterocycles. The third kappa shape index (κ3) is 3.61. The number of rotatable bonds is 5. The number of hydrogen-bond acceptors (Lipinski definition) is 3. The largest absolute Gasteiger partial charge is 0.477 e. The highest BCUT2D eigenvalue weighted by molar-refractivity contribution is 5.85. The summed E-state index contributed by atoms with van der Waals surface area (Å²) in [6, 6.07) is 11.2. The molecule has 1 aromatic carbocycles. The van der Waals surface area contributed by atoms with Gasteiger partial charge < -0.3 is 10.4 Å². The van der Waals surface area contributed by atoms with Crippen LogP contribution in [0.4, 0.5) is 4.39 Å². The van der Waals surface area contributed by atoms with Gasteiger partial charge in [-0.05, 0) is 36.8 Å². The molecule has 0 spiro atoms. The van der Waals surface area contributed by atoms with E-state index in [2.05, 4.69) is 10.3 Å². The van der Waals surface area contributed by atoms with Crippen LogP contribution in [0.1, 0.15) is 34.7 Å². The summed E-state index contributed by atoms with van der Waals surface area (Å²) in [7, 11) is 0. The molecule has 5 heteroatoms. The monoisotopic (exact) mass is 274 g/mol. The number of carboxylic acid groups (broad SMARTS) is 1. The zero-order valence-corrected chi connectivity index (χ0v) is 11.0. The molecule has 20 heavy (non-hydrogen) atoms. The van der Waals surface area contributed by atoms with Crippen molar-refractivity contribution >= 4 is 5.97 Å². The summed E-state index contributed by atoms with van der Waals surface area (Å²) in [6.07, 6.45) is 0. The Balaban J connectivity index is 2.01. The van der Waals surface area contributed by atoms with E-state index >= 15 is 0 Å². The molecule has 1 heterocycles. The average Bonchev–Trinajstić information content (AvgIpc) is 2.45. The van der Waals surface area contributed by atoms with E-state index in [-0.39, 0.29) is 17.6 Å². The molecule has 0 unspecified atom stereocenters. The van der Waals surface area contributed by atoms with Crippen LogP contribution in [0.3, 0.4) is 0 Å². The van der Waals surface area contributed by atoms with Gasteiger partial charge in [0, 0.05) is 12.6 Å². The second kappa shape index (κ2) is 6.25. The molecule has 104 valence electrons. The fraction of sp³-hybridized carbons (Fsp3) is 0.200. The number of nitrogens with one attached hydrogen (secondary N) is 1. The van der Waals surface area contributed by atoms with Crippen molar-refractivity contribution in [3.63, 3.8) is 0 Å². The molecule has 0 saturated carbocycles. The number of carbonyl (C=O) groups is 1. The lowest BCUT2D eigenvalue weighted by atomic mass is 10.1. The topological polar surface area (TPSA) is 62.2 Å². The van der Waals surface area contributed by atoms with Crippen molar-refractivity contribution in [3.05, 3.63) is 65.2 Å². The Bertz CT molecular complexity index is 616. The van der Waals surface area contributed by atoms with Gasteiger partial charge in [0.15, 0.2) is 0 Å². The van der Waals surface area contributed by atoms with E-state index in [9.17, 15) is 9.18 Å². The van der Waals surface area contributed by atoms with Gasteiger partial charge in [-0.1, -0.05) is 18.2 Å². The quantitative estimate of drug-likeness (QED) is 0.880. The molecule has 2 aromatic rings. The Kier molecular flexibility index (Phi) is 4.42. The SMILES string of the molecule is C[C@@H](NCc1cccc(C(=O)O)n1)c1cccc(F)c1. The number of aromatic nitrogens is 1. The minimum absolute atomic E-state index is 0.0164. The van der Waals surface area contributed by atoms with Gasteiger partial charge in [0.05, 0.1) is 5.69 Å². The fourth-order valence-corrected chi connectivity index (χ4v) is 1.85. The summed E-state index contributed by atoms with van der Waals surface area (Å²) < 4.78 is 13.1. The van der Waals surface area contributed by atoms with Crippen molar-refractivity contribution in [2.24, 2.45) is 0 Å². The van der Waals surface area contributed by atoms with Crippen molar-refractivity contribution in [1.29, 1.82) is 0 Å². The predicted octanol–water partition coefficient (Wildman–Crippen LogP) is 2.77. The van der Waals surface area contributed by atoms with Crippen LogP contribution in [0, 0.1) is 5.82 Å². The van der Waals surface area contributed by atoms with Crippen molar-refractivity contribution < 1.29 is 14.3 Å². The van der Waals surface area contributed by atoms with Gasteiger partial charge in [-0.15, -0.1) is 0 Å². The lowest BCUT2D eigenvalue weighted by Gasteiger charge is -2.14. The Morgan fingerprint density at radius 2 is 2.10 bits per heavy atom. The zero-order chi connectivity index (χ0) is 14.5. The molecule has 0 aliphatic rings. The summed E-state index contributed by atoms with van der Waals surface area (Å²) >= 11 is 0. The van der Waals surface area contributed by atoms with E-state index in [0.29, 0.717) is 12.2 Å². The summed E-state index contributed by atoms with van der Waals surface area (Å²) in [4.78, 5) is 14.8. The highest BCUT2D eigenvalue weighted by Gasteiger charge is 2.08. The number of aromatic carboxylic acids is 1. The molecule has 0 aliphatic carbocycles. The number of halogens is 1. The fourth-order valence-electron chi connectivity index (χ4n) is 1.85. The van der Waals surface area contributed by atoms with E-state index in [1.54, 1.807) is 18.2 Å². The molecule has 0 bridgehead atoms. The maximum atomic E-state index is 13.1. The van der Waals surface area contributed by atoms with Crippen LogP contribution in [-0.2, 0) is 6.54 Å². The first-order valence-electron chi connectivity index (χ1n) is 6.24. The summed E-state index contributed by atoms with van der Waals surface area (Å²) in [5, 5.41) is 12.1. The van der Waals surface area contributed by atoms with Crippen molar-refractivity contribution in [3.8, 4) is 0 Å². The van der Waals surface area contributed by atoms with E-state index in [0.717, 1.165) is 5.56 Å². The lowest BCUT2D eigenvalue weighted by molar-refractivity contribution is 0.0690. The zero-order valence-electron chi connectivity index (χ0n) is 11.0. The van der Waals surface area contributed by atoms with E-state index in [1.807, 2.05) is 13.0 Å². The first-order chi connectivity index (χ1) is 9.56. The molecule has 0 fully saturated rings. The van der Waals surface area contributed by atoms with Crippen LogP contribution >= 0.6 is 0 Å². The van der Waals surface area contributed by atoms with Crippen LogP contribution in [-0.4, -0.2) is 16.1 Å². The first-order valence-corrected chi connectivity index (χ1v) is 6.24. The maximum Gasteiger partial charge on any atom is 0.354 e. The molecular weight excluding hydrogens is 259 g/mol. The van der Waals surface area contributed by atoms with Crippen molar-refractivity contribution in [1.82, 2.24) is 10.3 Å². The normalized spacial score (nSPS) is 12.1. The standard InChI is InChI=1S/C15H15FN2O2/c1-10(11-4-2-5-12(16)8-11)17-9-13-6-3-7-14(18-13)15(19)20/h2-8,10,17H,9H2,1H3,(H,19,20)/t10-/m1/s1. The minimum Gasteiger partial charge on any atom is -0.477 e. The average molecular weight is 274 g/mol. The van der Waals surface area contributed by atoms with Gasteiger partial charge in [0.1, 0.15) is 11.5 Å². The van der Waals surface area contributed by atoms with Crippen molar-refractivity contribution in [2.45, 2.75) is 19.5 Å². The second-order valence-electron chi connectivity index (χ2n) is 4.48. The van der Waals surface area contributed by atoms with Crippen LogP contribution in [0.25, 0.3) is 0 Å². The second-order valence-corrected chi connectivity index (χ2v) is 4.48. The van der Waals surface area contributed by atoms with E-state index in [4.69, 9.17) is 5.11 Å². The van der Waals surface area contributed by atoms with Crippen LogP contribution in [0.5, 0.6) is 0 Å². The van der Waals surface area contributed by atoms with Crippen LogP contribution in [0.2, 0.25) is 0 Å². The van der Waals surface area contributed by atoms with Gasteiger partial charge in [0.2, 0.25) is 0 Å². The highest BCUT2D eigenvalue weighted by atomic mass is 19.1. The van der Waals surface area contributed by atoms with Crippen LogP contribution < -0.4 is 5.32 Å². The number of nitrogens with zero attached hydrogens (tertiary/aromatic N) is 1. The number of benzene rings is 1. The maximum absolute atomic E-state index is 13.1. The third-order valence-corrected chi connectivity index (χ3v) is 2.96. The molecule has 0 radical (unpaired) electrons. The predicted molar refractivity (Wildman–Crippen MR) is 72.9 cm³/mol. The van der Waals surface area contributed by atoms with Gasteiger partial charge in [-0.3, -0.25) is 0 Å². The van der Waals surface area contributed by atoms with Crippen LogP contribution in [0.15, 0.2) is 42.5 Å². The Hall–Kier alpha value is -2.27. The molecule has 0 amide bonds. The first kappa shape index (κ1) is 14.1. The van der Waals surface area contributed by atoms with Gasteiger partial charge in [-0.25, -0.2) is 14.2 Å². The molecule has 0 saturated heterocycles. The minimum atomic E-state index is -1.05. The number of hydrogen-bond donors (Lipinski definition) is 2. The number of carboxylic acids is 1. The summed E-state index contributed by atoms with van der Waals surface area (Å²) in [5.74, 6) is -1.33. The van der Waals surface area contributed by atoms with Gasteiger partial charge >= 0.3 is 5.97 Å². The summed E-state index contributed by atoms with van der Waals surface area (Å²) in [6.45, 7) is 2.33. The van der Waals surface area contributed by atoms with Crippen molar-refractivity contribution in [2.75, 3.05) is 0 Å². The van der Waals surface area contributed by atoms with Gasteiger partial charge in [0.25, 0.3) is 0 Å². The molecule has 4 nitrogen and oxygen atoms in total. The molecule has 2 rings (SSSR count). The molecular formula is C15H15FN2O2. The Morgan fingerprint density at radius 1 is 1.35 bits per heavy atom. The lowest BCUT2D eigenvalue weighted by Crippen LogP contribution is -2.19. The Labute approximate surface area is 116 Å². The Morgan fingerprint density at radius 3 is 2.80 bits per heavy atom. The summed E-state index contributed by atoms with van der Waals surface area (Å²) in [5.41, 5.74) is 1.48. The molecule has 0 aliphatic heterocycles.